The molecular formula is C19H20N4OS2. The Bertz CT molecular complexity index is 869. The lowest BCUT2D eigenvalue weighted by molar-refractivity contribution is -0.129. The van der Waals surface area contributed by atoms with Gasteiger partial charge in [0.15, 0.2) is 5.16 Å². The molecule has 26 heavy (non-hydrogen) atoms. The molecule has 0 atom stereocenters. The van der Waals surface area contributed by atoms with Crippen molar-refractivity contribution in [3.63, 3.8) is 0 Å². The Balaban J connectivity index is 1.43. The lowest BCUT2D eigenvalue weighted by Gasteiger charge is -2.21. The Morgan fingerprint density at radius 3 is 2.81 bits per heavy atom. The molecule has 134 valence electrons. The second-order valence-electron chi connectivity index (χ2n) is 6.44. The van der Waals surface area contributed by atoms with Crippen molar-refractivity contribution in [2.24, 2.45) is 0 Å². The van der Waals surface area contributed by atoms with Gasteiger partial charge in [-0.25, -0.2) is 0 Å². The fourth-order valence-electron chi connectivity index (χ4n) is 2.79. The van der Waals surface area contributed by atoms with Gasteiger partial charge in [-0.1, -0.05) is 35.5 Å². The predicted octanol–water partition coefficient (Wildman–Crippen LogP) is 3.92. The lowest BCUT2D eigenvalue weighted by atomic mass is 10.2. The van der Waals surface area contributed by atoms with E-state index in [0.29, 0.717) is 18.3 Å². The van der Waals surface area contributed by atoms with E-state index in [-0.39, 0.29) is 5.91 Å². The second kappa shape index (κ2) is 7.63. The molecule has 1 aliphatic rings. The molecule has 0 bridgehead atoms. The quantitative estimate of drug-likeness (QED) is 0.579. The van der Waals surface area contributed by atoms with Gasteiger partial charge in [-0.2, -0.15) is 0 Å². The van der Waals surface area contributed by atoms with E-state index in [4.69, 9.17) is 0 Å². The lowest BCUT2D eigenvalue weighted by Crippen LogP contribution is -2.33. The molecule has 1 amide bonds. The highest BCUT2D eigenvalue weighted by atomic mass is 32.2. The van der Waals surface area contributed by atoms with E-state index in [1.807, 2.05) is 27.7 Å². The third kappa shape index (κ3) is 3.99. The monoisotopic (exact) mass is 384 g/mol. The summed E-state index contributed by atoms with van der Waals surface area (Å²) < 4.78 is 1.93. The van der Waals surface area contributed by atoms with E-state index in [9.17, 15) is 4.79 Å². The normalized spacial score (nSPS) is 13.7. The number of aromatic nitrogens is 3. The maximum atomic E-state index is 12.8. The van der Waals surface area contributed by atoms with Crippen LogP contribution in [0.5, 0.6) is 0 Å². The third-order valence-corrected chi connectivity index (χ3v) is 6.16. The first-order valence-corrected chi connectivity index (χ1v) is 10.5. The molecule has 0 spiro atoms. The van der Waals surface area contributed by atoms with Crippen molar-refractivity contribution in [2.45, 2.75) is 37.5 Å². The van der Waals surface area contributed by atoms with Crippen molar-refractivity contribution >= 4 is 29.0 Å². The largest absolute Gasteiger partial charge is 0.334 e. The summed E-state index contributed by atoms with van der Waals surface area (Å²) in [7, 11) is 0. The maximum absolute atomic E-state index is 12.8. The van der Waals surface area contributed by atoms with Crippen LogP contribution >= 0.6 is 23.1 Å². The van der Waals surface area contributed by atoms with E-state index < -0.39 is 0 Å². The zero-order valence-electron chi connectivity index (χ0n) is 14.5. The first kappa shape index (κ1) is 17.3. The molecule has 1 aromatic carbocycles. The van der Waals surface area contributed by atoms with Crippen molar-refractivity contribution in [1.82, 2.24) is 19.7 Å². The molecule has 0 N–H and O–H groups in total. The topological polar surface area (TPSA) is 51.0 Å². The molecule has 3 aromatic rings. The van der Waals surface area contributed by atoms with E-state index in [0.717, 1.165) is 23.7 Å². The molecule has 1 fully saturated rings. The molecular weight excluding hydrogens is 364 g/mol. The molecule has 1 saturated carbocycles. The Morgan fingerprint density at radius 1 is 1.31 bits per heavy atom. The number of carbonyl (C=O) groups is 1. The highest BCUT2D eigenvalue weighted by Crippen LogP contribution is 2.30. The van der Waals surface area contributed by atoms with Crippen LogP contribution in [0.4, 0.5) is 0 Å². The van der Waals surface area contributed by atoms with Gasteiger partial charge in [0.05, 0.1) is 12.3 Å². The van der Waals surface area contributed by atoms with Crippen molar-refractivity contribution in [3.8, 4) is 5.69 Å². The summed E-state index contributed by atoms with van der Waals surface area (Å²) in [5.41, 5.74) is 2.22. The predicted molar refractivity (Wildman–Crippen MR) is 105 cm³/mol. The van der Waals surface area contributed by atoms with Gasteiger partial charge in [0.1, 0.15) is 6.33 Å². The molecule has 2 heterocycles. The molecule has 0 unspecified atom stereocenters. The van der Waals surface area contributed by atoms with Crippen LogP contribution in [0.2, 0.25) is 0 Å². The highest BCUT2D eigenvalue weighted by Gasteiger charge is 2.32. The number of thioether (sulfide) groups is 1. The van der Waals surface area contributed by atoms with Crippen LogP contribution in [0.15, 0.2) is 53.3 Å². The van der Waals surface area contributed by atoms with Crippen LogP contribution in [0, 0.1) is 6.92 Å². The van der Waals surface area contributed by atoms with Gasteiger partial charge in [0.2, 0.25) is 5.91 Å². The average molecular weight is 385 g/mol. The molecule has 1 aliphatic carbocycles. The number of thiophene rings is 1. The van der Waals surface area contributed by atoms with Gasteiger partial charge in [0.25, 0.3) is 0 Å². The van der Waals surface area contributed by atoms with Gasteiger partial charge in [-0.15, -0.1) is 21.5 Å². The fraction of sp³-hybridized carbons (Fsp3) is 0.316. The summed E-state index contributed by atoms with van der Waals surface area (Å²) in [6.45, 7) is 2.77. The molecule has 0 aliphatic heterocycles. The number of amides is 1. The van der Waals surface area contributed by atoms with Crippen LogP contribution < -0.4 is 0 Å². The SMILES string of the molecule is Cc1ccc(-n2cnnc2SCC(=O)N(Cc2cccs2)C2CC2)cc1. The summed E-state index contributed by atoms with van der Waals surface area (Å²) >= 11 is 3.15. The first-order chi connectivity index (χ1) is 12.7. The smallest absolute Gasteiger partial charge is 0.233 e. The van der Waals surface area contributed by atoms with E-state index >= 15 is 0 Å². The summed E-state index contributed by atoms with van der Waals surface area (Å²) in [5, 5.41) is 11.0. The zero-order chi connectivity index (χ0) is 17.9. The Kier molecular flexibility index (Phi) is 5.08. The first-order valence-electron chi connectivity index (χ1n) is 8.62. The Hall–Kier alpha value is -2.12. The van der Waals surface area contributed by atoms with Crippen LogP contribution in [-0.4, -0.2) is 37.4 Å². The standard InChI is InChI=1S/C19H20N4OS2/c1-14-4-6-16(7-5-14)23-13-20-21-19(23)26-12-18(24)22(15-8-9-15)11-17-3-2-10-25-17/h2-7,10,13,15H,8-9,11-12H2,1H3. The molecule has 5 nitrogen and oxygen atoms in total. The number of aryl methyl sites for hydroxylation is 1. The van der Waals surface area contributed by atoms with E-state index in [1.54, 1.807) is 17.7 Å². The van der Waals surface area contributed by atoms with Crippen LogP contribution in [0.25, 0.3) is 5.69 Å². The fourth-order valence-corrected chi connectivity index (χ4v) is 4.31. The summed E-state index contributed by atoms with van der Waals surface area (Å²) in [4.78, 5) is 16.0. The molecule has 2 aromatic heterocycles. The molecule has 7 heteroatoms. The maximum Gasteiger partial charge on any atom is 0.233 e. The molecule has 4 rings (SSSR count). The van der Waals surface area contributed by atoms with Gasteiger partial charge >= 0.3 is 0 Å². The minimum atomic E-state index is 0.171. The third-order valence-electron chi connectivity index (χ3n) is 4.37. The van der Waals surface area contributed by atoms with Crippen LogP contribution in [0.1, 0.15) is 23.3 Å². The molecule has 0 radical (unpaired) electrons. The van der Waals surface area contributed by atoms with E-state index in [1.165, 1.54) is 22.2 Å². The van der Waals surface area contributed by atoms with Crippen molar-refractivity contribution < 1.29 is 4.79 Å². The number of carbonyl (C=O) groups excluding carboxylic acids is 1. The highest BCUT2D eigenvalue weighted by molar-refractivity contribution is 7.99. The van der Waals surface area contributed by atoms with Crippen LogP contribution in [0.3, 0.4) is 0 Å². The van der Waals surface area contributed by atoms with Crippen LogP contribution in [-0.2, 0) is 11.3 Å². The summed E-state index contributed by atoms with van der Waals surface area (Å²) in [6.07, 6.45) is 3.92. The van der Waals surface area contributed by atoms with Gasteiger partial charge < -0.3 is 4.90 Å². The van der Waals surface area contributed by atoms with Gasteiger partial charge in [-0.3, -0.25) is 9.36 Å². The minimum absolute atomic E-state index is 0.171. The number of hydrogen-bond donors (Lipinski definition) is 0. The Morgan fingerprint density at radius 2 is 2.12 bits per heavy atom. The van der Waals surface area contributed by atoms with Crippen molar-refractivity contribution in [3.05, 3.63) is 58.5 Å². The minimum Gasteiger partial charge on any atom is -0.334 e. The van der Waals surface area contributed by atoms with Gasteiger partial charge in [0, 0.05) is 16.6 Å². The van der Waals surface area contributed by atoms with Crippen molar-refractivity contribution in [2.75, 3.05) is 5.75 Å². The number of rotatable bonds is 7. The zero-order valence-corrected chi connectivity index (χ0v) is 16.2. The summed E-state index contributed by atoms with van der Waals surface area (Å²) in [6, 6.07) is 12.7. The Labute approximate surface area is 161 Å². The second-order valence-corrected chi connectivity index (χ2v) is 8.41. The average Bonchev–Trinajstić information content (AvgIpc) is 3.16. The molecule has 0 saturated heterocycles. The van der Waals surface area contributed by atoms with Crippen molar-refractivity contribution in [1.29, 1.82) is 0 Å². The van der Waals surface area contributed by atoms with Gasteiger partial charge in [-0.05, 0) is 43.3 Å². The number of nitrogens with zero attached hydrogens (tertiary/aromatic N) is 4. The number of hydrogen-bond acceptors (Lipinski definition) is 5. The van der Waals surface area contributed by atoms with E-state index in [2.05, 4.69) is 40.7 Å². The number of benzene rings is 1. The summed E-state index contributed by atoms with van der Waals surface area (Å²) in [5.74, 6) is 0.552.